The van der Waals surface area contributed by atoms with E-state index in [1.54, 1.807) is 24.3 Å². The van der Waals surface area contributed by atoms with Crippen molar-refractivity contribution in [2.75, 3.05) is 26.2 Å². The Kier molecular flexibility index (Phi) is 8.88. The lowest BCUT2D eigenvalue weighted by molar-refractivity contribution is -0.136. The second kappa shape index (κ2) is 11.8. The summed E-state index contributed by atoms with van der Waals surface area (Å²) in [6, 6.07) is 17.9. The van der Waals surface area contributed by atoms with Gasteiger partial charge in [0.25, 0.3) is 0 Å². The molecule has 1 unspecified atom stereocenters. The quantitative estimate of drug-likeness (QED) is 0.600. The Morgan fingerprint density at radius 2 is 1.68 bits per heavy atom. The second-order valence-corrected chi connectivity index (χ2v) is 8.50. The minimum absolute atomic E-state index is 0.00000192. The standard InChI is InChI=1S/C16H24N2O4.C9H10/c17-13-5-7-18(8-6-13)10-14(19)11-22-15-3-1-12(2-4-15)9-16(20)21;1-2-4-8(5-3-1)9-6-7-9/h1-4,13-14,19H,5-11,17H2,(H,20,21);1-5,9H,6-7H2. The minimum Gasteiger partial charge on any atom is -0.491 e. The van der Waals surface area contributed by atoms with Gasteiger partial charge in [0, 0.05) is 12.6 Å². The molecule has 1 atom stereocenters. The van der Waals surface area contributed by atoms with Crippen molar-refractivity contribution in [3.05, 3.63) is 65.7 Å². The summed E-state index contributed by atoms with van der Waals surface area (Å²) >= 11 is 0. The van der Waals surface area contributed by atoms with Crippen LogP contribution in [0.25, 0.3) is 0 Å². The Balaban J connectivity index is 0.000000248. The Hall–Kier alpha value is -2.41. The third-order valence-corrected chi connectivity index (χ3v) is 5.67. The first-order chi connectivity index (χ1) is 15.0. The molecule has 1 heterocycles. The van der Waals surface area contributed by atoms with E-state index in [9.17, 15) is 9.90 Å². The molecule has 1 aliphatic carbocycles. The van der Waals surface area contributed by atoms with Crippen LogP contribution in [-0.2, 0) is 11.2 Å². The van der Waals surface area contributed by atoms with Gasteiger partial charge in [0.15, 0.2) is 0 Å². The van der Waals surface area contributed by atoms with E-state index in [0.717, 1.165) is 37.4 Å². The number of β-amino-alcohol motifs (C(OH)–C–C–N with tert-alkyl or cyclic N) is 1. The number of nitrogens with two attached hydrogens (primary N) is 1. The number of carboxylic acids is 1. The second-order valence-electron chi connectivity index (χ2n) is 8.50. The molecular weight excluding hydrogens is 392 g/mol. The molecule has 4 rings (SSSR count). The Morgan fingerprint density at radius 3 is 2.26 bits per heavy atom. The number of likely N-dealkylation sites (tertiary alicyclic amines) is 1. The number of carboxylic acid groups (broad SMARTS) is 1. The summed E-state index contributed by atoms with van der Waals surface area (Å²) in [7, 11) is 0. The topological polar surface area (TPSA) is 96.0 Å². The van der Waals surface area contributed by atoms with E-state index in [4.69, 9.17) is 15.6 Å². The van der Waals surface area contributed by atoms with Crippen LogP contribution in [-0.4, -0.2) is 59.5 Å². The van der Waals surface area contributed by atoms with Crippen molar-refractivity contribution in [3.63, 3.8) is 0 Å². The number of ether oxygens (including phenoxy) is 1. The Labute approximate surface area is 184 Å². The Morgan fingerprint density at radius 1 is 1.03 bits per heavy atom. The molecule has 31 heavy (non-hydrogen) atoms. The predicted octanol–water partition coefficient (Wildman–Crippen LogP) is 3.04. The lowest BCUT2D eigenvalue weighted by Gasteiger charge is -2.31. The normalized spacial score (nSPS) is 18.0. The highest BCUT2D eigenvalue weighted by Crippen LogP contribution is 2.39. The van der Waals surface area contributed by atoms with Crippen LogP contribution in [0, 0.1) is 0 Å². The number of aliphatic hydroxyl groups excluding tert-OH is 1. The van der Waals surface area contributed by atoms with E-state index in [1.165, 1.54) is 18.4 Å². The number of hydrogen-bond donors (Lipinski definition) is 3. The van der Waals surface area contributed by atoms with E-state index < -0.39 is 12.1 Å². The zero-order valence-electron chi connectivity index (χ0n) is 18.0. The van der Waals surface area contributed by atoms with Crippen LogP contribution >= 0.6 is 0 Å². The third kappa shape index (κ3) is 8.69. The maximum Gasteiger partial charge on any atom is 0.307 e. The summed E-state index contributed by atoms with van der Waals surface area (Å²) in [4.78, 5) is 12.8. The van der Waals surface area contributed by atoms with Crippen molar-refractivity contribution < 1.29 is 19.7 Å². The maximum atomic E-state index is 10.6. The smallest absolute Gasteiger partial charge is 0.307 e. The van der Waals surface area contributed by atoms with Crippen LogP contribution in [0.1, 0.15) is 42.7 Å². The fourth-order valence-corrected chi connectivity index (χ4v) is 3.70. The molecular formula is C25H34N2O4. The van der Waals surface area contributed by atoms with Gasteiger partial charge in [0.05, 0.1) is 6.42 Å². The van der Waals surface area contributed by atoms with Gasteiger partial charge >= 0.3 is 5.97 Å². The van der Waals surface area contributed by atoms with Gasteiger partial charge in [-0.2, -0.15) is 0 Å². The molecule has 2 aromatic rings. The van der Waals surface area contributed by atoms with E-state index in [2.05, 4.69) is 35.2 Å². The van der Waals surface area contributed by atoms with Crippen molar-refractivity contribution in [1.29, 1.82) is 0 Å². The summed E-state index contributed by atoms with van der Waals surface area (Å²) < 4.78 is 5.54. The largest absolute Gasteiger partial charge is 0.491 e. The van der Waals surface area contributed by atoms with Crippen LogP contribution in [0.5, 0.6) is 5.75 Å². The summed E-state index contributed by atoms with van der Waals surface area (Å²) in [5, 5.41) is 18.7. The average molecular weight is 427 g/mol. The zero-order valence-corrected chi connectivity index (χ0v) is 18.0. The van der Waals surface area contributed by atoms with Crippen LogP contribution in [0.2, 0.25) is 0 Å². The maximum absolute atomic E-state index is 10.6. The van der Waals surface area contributed by atoms with Crippen molar-refractivity contribution in [2.24, 2.45) is 5.73 Å². The predicted molar refractivity (Wildman–Crippen MR) is 121 cm³/mol. The molecule has 2 aliphatic rings. The van der Waals surface area contributed by atoms with E-state index >= 15 is 0 Å². The average Bonchev–Trinajstić information content (AvgIpc) is 3.61. The first-order valence-corrected chi connectivity index (χ1v) is 11.1. The van der Waals surface area contributed by atoms with Gasteiger partial charge in [-0.1, -0.05) is 42.5 Å². The van der Waals surface area contributed by atoms with Crippen LogP contribution in [0.4, 0.5) is 0 Å². The molecule has 2 fully saturated rings. The summed E-state index contributed by atoms with van der Waals surface area (Å²) in [6.07, 6.45) is 4.21. The highest BCUT2D eigenvalue weighted by atomic mass is 16.5. The molecule has 0 aromatic heterocycles. The van der Waals surface area contributed by atoms with Gasteiger partial charge < -0.3 is 25.6 Å². The minimum atomic E-state index is -0.856. The molecule has 2 aromatic carbocycles. The number of nitrogens with zero attached hydrogens (tertiary/aromatic N) is 1. The van der Waals surface area contributed by atoms with Gasteiger partial charge in [0.1, 0.15) is 18.5 Å². The number of benzene rings is 2. The van der Waals surface area contributed by atoms with E-state index in [1.807, 2.05) is 0 Å². The Bertz CT molecular complexity index is 785. The van der Waals surface area contributed by atoms with E-state index in [-0.39, 0.29) is 19.1 Å². The first kappa shape index (κ1) is 23.3. The molecule has 6 heteroatoms. The number of piperidine rings is 1. The number of hydrogen-bond acceptors (Lipinski definition) is 5. The third-order valence-electron chi connectivity index (χ3n) is 5.67. The van der Waals surface area contributed by atoms with Gasteiger partial charge in [-0.15, -0.1) is 0 Å². The number of carbonyl (C=O) groups is 1. The van der Waals surface area contributed by atoms with Crippen LogP contribution in [0.15, 0.2) is 54.6 Å². The molecule has 0 spiro atoms. The lowest BCUT2D eigenvalue weighted by Crippen LogP contribution is -2.44. The summed E-state index contributed by atoms with van der Waals surface area (Å²) in [5.74, 6) is 0.686. The van der Waals surface area contributed by atoms with E-state index in [0.29, 0.717) is 12.3 Å². The van der Waals surface area contributed by atoms with Gasteiger partial charge in [0.2, 0.25) is 0 Å². The fraction of sp³-hybridized carbons (Fsp3) is 0.480. The van der Waals surface area contributed by atoms with Crippen molar-refractivity contribution >= 4 is 5.97 Å². The highest BCUT2D eigenvalue weighted by molar-refractivity contribution is 5.70. The van der Waals surface area contributed by atoms with Crippen LogP contribution < -0.4 is 10.5 Å². The molecule has 168 valence electrons. The number of rotatable bonds is 8. The van der Waals surface area contributed by atoms with Gasteiger partial charge in [-0.3, -0.25) is 4.79 Å². The van der Waals surface area contributed by atoms with Crippen LogP contribution in [0.3, 0.4) is 0 Å². The molecule has 4 N–H and O–H groups in total. The lowest BCUT2D eigenvalue weighted by atomic mass is 10.1. The van der Waals surface area contributed by atoms with Gasteiger partial charge in [-0.05, 0) is 68.0 Å². The number of aliphatic hydroxyl groups is 1. The monoisotopic (exact) mass is 426 g/mol. The van der Waals surface area contributed by atoms with Crippen molar-refractivity contribution in [3.8, 4) is 5.75 Å². The zero-order chi connectivity index (χ0) is 22.1. The highest BCUT2D eigenvalue weighted by Gasteiger charge is 2.22. The van der Waals surface area contributed by atoms with Crippen molar-refractivity contribution in [2.45, 2.75) is 50.2 Å². The molecule has 1 aliphatic heterocycles. The first-order valence-electron chi connectivity index (χ1n) is 11.1. The fourth-order valence-electron chi connectivity index (χ4n) is 3.70. The molecule has 1 saturated carbocycles. The summed E-state index contributed by atoms with van der Waals surface area (Å²) in [5.41, 5.74) is 8.11. The SMILES string of the molecule is NC1CCN(CC(O)COc2ccc(CC(=O)O)cc2)CC1.c1ccc(C2CC2)cc1. The molecule has 0 amide bonds. The molecule has 0 radical (unpaired) electrons. The van der Waals surface area contributed by atoms with Gasteiger partial charge in [-0.25, -0.2) is 0 Å². The molecule has 1 saturated heterocycles. The molecule has 0 bridgehead atoms. The summed E-state index contributed by atoms with van der Waals surface area (Å²) in [6.45, 7) is 2.65. The molecule has 6 nitrogen and oxygen atoms in total. The van der Waals surface area contributed by atoms with Crippen molar-refractivity contribution in [1.82, 2.24) is 4.90 Å². The number of aliphatic carboxylic acids is 1.